The average Bonchev–Trinajstić information content (AvgIpc) is 2.96. The van der Waals surface area contributed by atoms with Gasteiger partial charge in [0.25, 0.3) is 0 Å². The number of hydrogen-bond donors (Lipinski definition) is 0. The summed E-state index contributed by atoms with van der Waals surface area (Å²) < 4.78 is 0. The molecule has 0 radical (unpaired) electrons. The second-order valence-electron chi connectivity index (χ2n) is 6.41. The molecular weight excluding hydrogens is 284 g/mol. The van der Waals surface area contributed by atoms with Crippen molar-refractivity contribution in [3.8, 4) is 0 Å². The highest BCUT2D eigenvalue weighted by atomic mass is 32.2. The molecule has 2 fully saturated rings. The zero-order chi connectivity index (χ0) is 15.6. The van der Waals surface area contributed by atoms with E-state index in [1.807, 2.05) is 9.80 Å². The Hall–Kier alpha value is -0.710. The molecule has 3 atom stereocenters. The largest absolute Gasteiger partial charge is 0.338 e. The first-order chi connectivity index (χ1) is 9.94. The van der Waals surface area contributed by atoms with Gasteiger partial charge in [0.15, 0.2) is 0 Å². The molecular formula is C16H28N2O2S. The lowest BCUT2D eigenvalue weighted by Gasteiger charge is -2.35. The van der Waals surface area contributed by atoms with E-state index in [0.29, 0.717) is 6.42 Å². The number of rotatable bonds is 6. The minimum atomic E-state index is -0.249. The molecule has 0 aliphatic carbocycles. The number of thioether (sulfide) groups is 1. The SMILES string of the molecule is CCCCN(C(=O)C1CSC2(C)CCC(=O)N12)C(C)CC. The first kappa shape index (κ1) is 16.7. The Bertz CT molecular complexity index is 415. The highest BCUT2D eigenvalue weighted by molar-refractivity contribution is 8.01. The van der Waals surface area contributed by atoms with Gasteiger partial charge in [-0.05, 0) is 33.1 Å². The van der Waals surface area contributed by atoms with E-state index in [2.05, 4.69) is 27.7 Å². The first-order valence-electron chi connectivity index (χ1n) is 8.21. The molecule has 3 unspecified atom stereocenters. The van der Waals surface area contributed by atoms with Crippen molar-refractivity contribution in [3.05, 3.63) is 0 Å². The van der Waals surface area contributed by atoms with E-state index in [1.54, 1.807) is 11.8 Å². The number of fused-ring (bicyclic) bond motifs is 1. The van der Waals surface area contributed by atoms with Crippen LogP contribution in [0.4, 0.5) is 0 Å². The first-order valence-corrected chi connectivity index (χ1v) is 9.19. The van der Waals surface area contributed by atoms with Gasteiger partial charge in [0.2, 0.25) is 11.8 Å². The second-order valence-corrected chi connectivity index (χ2v) is 7.91. The van der Waals surface area contributed by atoms with Crippen LogP contribution in [-0.4, -0.2) is 50.9 Å². The van der Waals surface area contributed by atoms with Gasteiger partial charge in [-0.25, -0.2) is 0 Å². The van der Waals surface area contributed by atoms with E-state index in [4.69, 9.17) is 0 Å². The van der Waals surface area contributed by atoms with Crippen LogP contribution in [0.5, 0.6) is 0 Å². The standard InChI is InChI=1S/C16H28N2O2S/c1-5-7-10-17(12(3)6-2)15(20)13-11-21-16(4)9-8-14(19)18(13)16/h12-13H,5-11H2,1-4H3. The van der Waals surface area contributed by atoms with Crippen LogP contribution in [0, 0.1) is 0 Å². The molecule has 2 saturated heterocycles. The molecule has 2 heterocycles. The highest BCUT2D eigenvalue weighted by Gasteiger charge is 2.53. The molecule has 0 aromatic rings. The Kier molecular flexibility index (Phi) is 5.23. The van der Waals surface area contributed by atoms with Gasteiger partial charge in [0, 0.05) is 24.8 Å². The van der Waals surface area contributed by atoms with Gasteiger partial charge in [-0.2, -0.15) is 0 Å². The van der Waals surface area contributed by atoms with Crippen molar-refractivity contribution in [3.63, 3.8) is 0 Å². The van der Waals surface area contributed by atoms with Crippen LogP contribution in [0.1, 0.15) is 59.8 Å². The van der Waals surface area contributed by atoms with Crippen LogP contribution in [0.15, 0.2) is 0 Å². The fourth-order valence-electron chi connectivity index (χ4n) is 3.29. The van der Waals surface area contributed by atoms with E-state index in [9.17, 15) is 9.59 Å². The fourth-order valence-corrected chi connectivity index (χ4v) is 4.71. The molecule has 2 rings (SSSR count). The third-order valence-corrected chi connectivity index (χ3v) is 6.39. The number of carbonyl (C=O) groups excluding carboxylic acids is 2. The average molecular weight is 312 g/mol. The summed E-state index contributed by atoms with van der Waals surface area (Å²) in [5.74, 6) is 1.06. The second kappa shape index (κ2) is 6.59. The monoisotopic (exact) mass is 312 g/mol. The number of carbonyl (C=O) groups is 2. The van der Waals surface area contributed by atoms with Crippen LogP contribution in [0.3, 0.4) is 0 Å². The van der Waals surface area contributed by atoms with Crippen molar-refractivity contribution >= 4 is 23.6 Å². The summed E-state index contributed by atoms with van der Waals surface area (Å²) in [7, 11) is 0. The van der Waals surface area contributed by atoms with Crippen LogP contribution in [-0.2, 0) is 9.59 Å². The zero-order valence-electron chi connectivity index (χ0n) is 13.7. The van der Waals surface area contributed by atoms with Crippen molar-refractivity contribution in [2.24, 2.45) is 0 Å². The zero-order valence-corrected chi connectivity index (χ0v) is 14.5. The Labute approximate surface area is 132 Å². The predicted molar refractivity (Wildman–Crippen MR) is 87.1 cm³/mol. The molecule has 0 spiro atoms. The highest BCUT2D eigenvalue weighted by Crippen LogP contribution is 2.47. The lowest BCUT2D eigenvalue weighted by atomic mass is 10.1. The molecule has 2 aliphatic rings. The summed E-state index contributed by atoms with van der Waals surface area (Å²) in [6, 6.07) is -0.000493. The summed E-state index contributed by atoms with van der Waals surface area (Å²) in [4.78, 5) is 28.9. The number of hydrogen-bond acceptors (Lipinski definition) is 3. The topological polar surface area (TPSA) is 40.6 Å². The molecule has 0 saturated carbocycles. The van der Waals surface area contributed by atoms with Gasteiger partial charge in [0.05, 0.1) is 4.87 Å². The van der Waals surface area contributed by atoms with E-state index < -0.39 is 0 Å². The third kappa shape index (κ3) is 3.08. The number of nitrogens with zero attached hydrogens (tertiary/aromatic N) is 2. The van der Waals surface area contributed by atoms with E-state index >= 15 is 0 Å². The van der Waals surface area contributed by atoms with Crippen LogP contribution in [0.2, 0.25) is 0 Å². The van der Waals surface area contributed by atoms with Crippen molar-refractivity contribution in [2.75, 3.05) is 12.3 Å². The minimum absolute atomic E-state index is 0.150. The number of unbranched alkanes of at least 4 members (excludes halogenated alkanes) is 1. The smallest absolute Gasteiger partial charge is 0.246 e. The maximum atomic E-state index is 13.0. The Morgan fingerprint density at radius 3 is 2.86 bits per heavy atom. The lowest BCUT2D eigenvalue weighted by molar-refractivity contribution is -0.145. The van der Waals surface area contributed by atoms with Gasteiger partial charge in [-0.3, -0.25) is 9.59 Å². The van der Waals surface area contributed by atoms with Crippen molar-refractivity contribution in [2.45, 2.75) is 76.8 Å². The minimum Gasteiger partial charge on any atom is -0.338 e. The maximum Gasteiger partial charge on any atom is 0.246 e. The summed E-state index contributed by atoms with van der Waals surface area (Å²) in [6.07, 6.45) is 4.53. The lowest BCUT2D eigenvalue weighted by Crippen LogP contribution is -2.53. The molecule has 0 aromatic heterocycles. The van der Waals surface area contributed by atoms with E-state index in [0.717, 1.165) is 38.0 Å². The summed E-state index contributed by atoms with van der Waals surface area (Å²) >= 11 is 1.77. The molecule has 2 aliphatic heterocycles. The molecule has 21 heavy (non-hydrogen) atoms. The Balaban J connectivity index is 2.15. The quantitative estimate of drug-likeness (QED) is 0.757. The van der Waals surface area contributed by atoms with Crippen LogP contribution >= 0.6 is 11.8 Å². The normalized spacial score (nSPS) is 29.6. The molecule has 0 N–H and O–H groups in total. The third-order valence-electron chi connectivity index (χ3n) is 4.89. The fraction of sp³-hybridized carbons (Fsp3) is 0.875. The van der Waals surface area contributed by atoms with Gasteiger partial charge < -0.3 is 9.80 Å². The number of amides is 2. The predicted octanol–water partition coefficient (Wildman–Crippen LogP) is 2.87. The summed E-state index contributed by atoms with van der Waals surface area (Å²) in [6.45, 7) is 9.29. The molecule has 2 amide bonds. The molecule has 4 nitrogen and oxygen atoms in total. The van der Waals surface area contributed by atoms with Crippen molar-refractivity contribution < 1.29 is 9.59 Å². The van der Waals surface area contributed by atoms with Gasteiger partial charge >= 0.3 is 0 Å². The van der Waals surface area contributed by atoms with Crippen LogP contribution < -0.4 is 0 Å². The molecule has 5 heteroatoms. The van der Waals surface area contributed by atoms with Crippen molar-refractivity contribution in [1.82, 2.24) is 9.80 Å². The Morgan fingerprint density at radius 2 is 2.24 bits per heavy atom. The van der Waals surface area contributed by atoms with E-state index in [1.165, 1.54) is 0 Å². The molecule has 120 valence electrons. The van der Waals surface area contributed by atoms with Gasteiger partial charge in [0.1, 0.15) is 6.04 Å². The van der Waals surface area contributed by atoms with E-state index in [-0.39, 0.29) is 28.8 Å². The molecule has 0 bridgehead atoms. The molecule has 0 aromatic carbocycles. The summed E-state index contributed by atoms with van der Waals surface area (Å²) in [5.41, 5.74) is 0. The van der Waals surface area contributed by atoms with Gasteiger partial charge in [-0.1, -0.05) is 20.3 Å². The summed E-state index contributed by atoms with van der Waals surface area (Å²) in [5, 5.41) is 0. The van der Waals surface area contributed by atoms with Crippen LogP contribution in [0.25, 0.3) is 0 Å². The van der Waals surface area contributed by atoms with Crippen molar-refractivity contribution in [1.29, 1.82) is 0 Å². The van der Waals surface area contributed by atoms with Gasteiger partial charge in [-0.15, -0.1) is 11.8 Å². The maximum absolute atomic E-state index is 13.0. The Morgan fingerprint density at radius 1 is 1.52 bits per heavy atom.